The van der Waals surface area contributed by atoms with Crippen molar-refractivity contribution in [2.75, 3.05) is 18.4 Å². The summed E-state index contributed by atoms with van der Waals surface area (Å²) in [5.74, 6) is 0.143. The van der Waals surface area contributed by atoms with E-state index in [0.29, 0.717) is 36.0 Å². The molecule has 0 aromatic heterocycles. The Morgan fingerprint density at radius 3 is 2.40 bits per heavy atom. The molecule has 2 saturated heterocycles. The van der Waals surface area contributed by atoms with Crippen molar-refractivity contribution in [1.29, 1.82) is 0 Å². The fraction of sp³-hybridized carbons (Fsp3) is 0.316. The molecule has 0 saturated carbocycles. The number of amides is 1. The normalized spacial score (nSPS) is 25.3. The van der Waals surface area contributed by atoms with Crippen molar-refractivity contribution < 1.29 is 9.53 Å². The number of hydrogen-bond acceptors (Lipinski definition) is 3. The van der Waals surface area contributed by atoms with Gasteiger partial charge in [-0.05, 0) is 36.4 Å². The molecule has 2 fully saturated rings. The van der Waals surface area contributed by atoms with Gasteiger partial charge in [-0.25, -0.2) is 0 Å². The summed E-state index contributed by atoms with van der Waals surface area (Å²) in [6, 6.07) is 15.1. The summed E-state index contributed by atoms with van der Waals surface area (Å²) in [4.78, 5) is 14.2. The van der Waals surface area contributed by atoms with Crippen LogP contribution >= 0.6 is 23.2 Å². The second-order valence-electron chi connectivity index (χ2n) is 6.42. The largest absolute Gasteiger partial charge is 0.382 e. The summed E-state index contributed by atoms with van der Waals surface area (Å²) < 4.78 is 6.39. The summed E-state index contributed by atoms with van der Waals surface area (Å²) in [5.41, 5.74) is 1.30. The van der Waals surface area contributed by atoms with Gasteiger partial charge >= 0.3 is 0 Å². The standard InChI is InChI=1S/C19H18Cl2N2O2/c20-14-3-1-13(2-4-14)19-10-9-18(24)23(19)12-17(25-19)11-22-16-7-5-15(21)6-8-16/h1-8,17,22H,9-12H2/t17-,19-/m1/s1. The lowest BCUT2D eigenvalue weighted by atomic mass is 10.0. The molecule has 2 aromatic carbocycles. The number of ether oxygens (including phenoxy) is 1. The summed E-state index contributed by atoms with van der Waals surface area (Å²) in [6.07, 6.45) is 1.11. The molecule has 0 unspecified atom stereocenters. The average Bonchev–Trinajstić information content (AvgIpc) is 3.13. The van der Waals surface area contributed by atoms with Crippen molar-refractivity contribution in [2.45, 2.75) is 24.7 Å². The van der Waals surface area contributed by atoms with Crippen molar-refractivity contribution in [3.05, 3.63) is 64.1 Å². The van der Waals surface area contributed by atoms with Crippen LogP contribution in [0.15, 0.2) is 48.5 Å². The Kier molecular flexibility index (Phi) is 4.36. The highest BCUT2D eigenvalue weighted by Crippen LogP contribution is 2.46. The molecule has 130 valence electrons. The van der Waals surface area contributed by atoms with E-state index in [-0.39, 0.29) is 12.0 Å². The molecule has 25 heavy (non-hydrogen) atoms. The van der Waals surface area contributed by atoms with E-state index in [0.717, 1.165) is 11.3 Å². The molecular weight excluding hydrogens is 359 g/mol. The predicted octanol–water partition coefficient (Wildman–Crippen LogP) is 4.28. The molecule has 2 aliphatic rings. The highest BCUT2D eigenvalue weighted by atomic mass is 35.5. The minimum atomic E-state index is -0.659. The molecular formula is C19H18Cl2N2O2. The quantitative estimate of drug-likeness (QED) is 0.865. The number of carbonyl (C=O) groups is 1. The monoisotopic (exact) mass is 376 g/mol. The van der Waals surface area contributed by atoms with Crippen LogP contribution in [0.25, 0.3) is 0 Å². The van der Waals surface area contributed by atoms with E-state index in [1.54, 1.807) is 0 Å². The molecule has 1 amide bonds. The average molecular weight is 377 g/mol. The van der Waals surface area contributed by atoms with Crippen LogP contribution in [0.2, 0.25) is 10.0 Å². The molecule has 2 aliphatic heterocycles. The van der Waals surface area contributed by atoms with Crippen molar-refractivity contribution >= 4 is 34.8 Å². The van der Waals surface area contributed by atoms with E-state index in [9.17, 15) is 4.79 Å². The van der Waals surface area contributed by atoms with Crippen LogP contribution in [0.4, 0.5) is 5.69 Å². The van der Waals surface area contributed by atoms with Crippen molar-refractivity contribution in [2.24, 2.45) is 0 Å². The second kappa shape index (κ2) is 6.52. The van der Waals surface area contributed by atoms with Gasteiger partial charge in [0.05, 0.1) is 12.6 Å². The van der Waals surface area contributed by atoms with Gasteiger partial charge in [0, 0.05) is 40.7 Å². The van der Waals surface area contributed by atoms with E-state index >= 15 is 0 Å². The van der Waals surface area contributed by atoms with Gasteiger partial charge in [0.1, 0.15) is 0 Å². The number of fused-ring (bicyclic) bond motifs is 1. The fourth-order valence-corrected chi connectivity index (χ4v) is 3.87. The molecule has 2 atom stereocenters. The predicted molar refractivity (Wildman–Crippen MR) is 98.9 cm³/mol. The summed E-state index contributed by atoms with van der Waals surface area (Å²) in [5, 5.41) is 4.73. The summed E-state index contributed by atoms with van der Waals surface area (Å²) in [7, 11) is 0. The minimum absolute atomic E-state index is 0.0735. The van der Waals surface area contributed by atoms with Gasteiger partial charge in [-0.15, -0.1) is 0 Å². The third-order valence-corrected chi connectivity index (χ3v) is 5.34. The first kappa shape index (κ1) is 16.7. The number of benzene rings is 2. The zero-order valence-electron chi connectivity index (χ0n) is 13.5. The van der Waals surface area contributed by atoms with E-state index in [1.807, 2.05) is 53.4 Å². The second-order valence-corrected chi connectivity index (χ2v) is 7.30. The van der Waals surface area contributed by atoms with Gasteiger partial charge in [-0.3, -0.25) is 4.79 Å². The zero-order chi connectivity index (χ0) is 17.4. The Balaban J connectivity index is 1.51. The maximum atomic E-state index is 12.3. The highest BCUT2D eigenvalue weighted by molar-refractivity contribution is 6.30. The molecule has 1 N–H and O–H groups in total. The maximum Gasteiger partial charge on any atom is 0.225 e. The molecule has 2 aromatic rings. The Labute approximate surface area is 156 Å². The SMILES string of the molecule is O=C1CC[C@]2(c3ccc(Cl)cc3)O[C@H](CNc3ccc(Cl)cc3)CN12. The first-order valence-electron chi connectivity index (χ1n) is 8.31. The van der Waals surface area contributed by atoms with E-state index in [2.05, 4.69) is 5.32 Å². The van der Waals surface area contributed by atoms with Crippen molar-refractivity contribution in [1.82, 2.24) is 4.90 Å². The Morgan fingerprint density at radius 2 is 1.72 bits per heavy atom. The molecule has 0 spiro atoms. The molecule has 6 heteroatoms. The third-order valence-electron chi connectivity index (χ3n) is 4.84. The van der Waals surface area contributed by atoms with E-state index in [1.165, 1.54) is 0 Å². The van der Waals surface area contributed by atoms with Gasteiger partial charge in [0.2, 0.25) is 5.91 Å². The van der Waals surface area contributed by atoms with Gasteiger partial charge in [-0.2, -0.15) is 0 Å². The fourth-order valence-electron chi connectivity index (χ4n) is 3.62. The zero-order valence-corrected chi connectivity index (χ0v) is 15.1. The number of nitrogens with one attached hydrogen (secondary N) is 1. The van der Waals surface area contributed by atoms with Crippen LogP contribution in [0, 0.1) is 0 Å². The van der Waals surface area contributed by atoms with E-state index in [4.69, 9.17) is 27.9 Å². The van der Waals surface area contributed by atoms with Crippen molar-refractivity contribution in [3.63, 3.8) is 0 Å². The lowest BCUT2D eigenvalue weighted by molar-refractivity contribution is -0.139. The number of hydrogen-bond donors (Lipinski definition) is 1. The lowest BCUT2D eigenvalue weighted by Gasteiger charge is -2.31. The molecule has 0 aliphatic carbocycles. The first-order valence-corrected chi connectivity index (χ1v) is 9.06. The summed E-state index contributed by atoms with van der Waals surface area (Å²) in [6.45, 7) is 1.21. The van der Waals surface area contributed by atoms with Gasteiger partial charge in [0.15, 0.2) is 5.72 Å². The number of halogens is 2. The van der Waals surface area contributed by atoms with Crippen LogP contribution in [0.3, 0.4) is 0 Å². The van der Waals surface area contributed by atoms with Crippen LogP contribution in [0.5, 0.6) is 0 Å². The van der Waals surface area contributed by atoms with Crippen molar-refractivity contribution in [3.8, 4) is 0 Å². The van der Waals surface area contributed by atoms with Crippen LogP contribution in [0.1, 0.15) is 18.4 Å². The molecule has 4 rings (SSSR count). The van der Waals surface area contributed by atoms with Crippen LogP contribution < -0.4 is 5.32 Å². The number of nitrogens with zero attached hydrogens (tertiary/aromatic N) is 1. The topological polar surface area (TPSA) is 41.6 Å². The first-order chi connectivity index (χ1) is 12.1. The molecule has 4 nitrogen and oxygen atoms in total. The third kappa shape index (κ3) is 3.10. The Hall–Kier alpha value is -1.75. The van der Waals surface area contributed by atoms with Crippen LogP contribution in [-0.2, 0) is 15.3 Å². The van der Waals surface area contributed by atoms with Gasteiger partial charge < -0.3 is 15.0 Å². The van der Waals surface area contributed by atoms with Gasteiger partial charge in [-0.1, -0.05) is 35.3 Å². The Bertz CT molecular complexity index is 779. The molecule has 2 heterocycles. The Morgan fingerprint density at radius 1 is 1.08 bits per heavy atom. The maximum absolute atomic E-state index is 12.3. The number of anilines is 1. The lowest BCUT2D eigenvalue weighted by Crippen LogP contribution is -2.38. The number of carbonyl (C=O) groups excluding carboxylic acids is 1. The minimum Gasteiger partial charge on any atom is -0.382 e. The van der Waals surface area contributed by atoms with Crippen LogP contribution in [-0.4, -0.2) is 30.0 Å². The number of rotatable bonds is 4. The van der Waals surface area contributed by atoms with E-state index < -0.39 is 5.72 Å². The molecule has 0 bridgehead atoms. The highest BCUT2D eigenvalue weighted by Gasteiger charge is 2.54. The molecule has 0 radical (unpaired) electrons. The summed E-state index contributed by atoms with van der Waals surface area (Å²) >= 11 is 11.9. The van der Waals surface area contributed by atoms with Gasteiger partial charge in [0.25, 0.3) is 0 Å². The smallest absolute Gasteiger partial charge is 0.225 e.